The van der Waals surface area contributed by atoms with E-state index >= 15 is 0 Å². The predicted molar refractivity (Wildman–Crippen MR) is 33.4 cm³/mol. The number of allylic oxidation sites excluding steroid dienone is 3. The molecule has 0 spiro atoms. The first-order chi connectivity index (χ1) is 3.93. The zero-order valence-electron chi connectivity index (χ0n) is 4.63. The van der Waals surface area contributed by atoms with Crippen molar-refractivity contribution in [3.05, 3.63) is 36.6 Å². The molecule has 1 aliphatic heterocycles. The highest BCUT2D eigenvalue weighted by Gasteiger charge is 1.88. The van der Waals surface area contributed by atoms with Crippen molar-refractivity contribution in [1.82, 2.24) is 0 Å². The summed E-state index contributed by atoms with van der Waals surface area (Å²) < 4.78 is 4.90. The molecule has 0 fully saturated rings. The molecule has 0 N–H and O–H groups in total. The van der Waals surface area contributed by atoms with E-state index in [0.29, 0.717) is 6.61 Å². The van der Waals surface area contributed by atoms with Crippen LogP contribution in [-0.2, 0) is 4.74 Å². The molecule has 0 aliphatic carbocycles. The summed E-state index contributed by atoms with van der Waals surface area (Å²) in [6.07, 6.45) is 7.35. The Hall–Kier alpha value is -0.980. The van der Waals surface area contributed by atoms with Gasteiger partial charge in [0.1, 0.15) is 6.61 Å². The average molecular weight is 108 g/mol. The molecule has 0 aromatic rings. The highest BCUT2D eigenvalue weighted by atomic mass is 16.5. The summed E-state index contributed by atoms with van der Waals surface area (Å²) in [5, 5.41) is 0. The largest absolute Gasteiger partial charge is 0.497 e. The maximum absolute atomic E-state index is 4.90. The van der Waals surface area contributed by atoms with E-state index in [1.165, 1.54) is 0 Å². The highest BCUT2D eigenvalue weighted by molar-refractivity contribution is 5.29. The lowest BCUT2D eigenvalue weighted by atomic mass is 10.2. The molecule has 42 valence electrons. The van der Waals surface area contributed by atoms with Crippen molar-refractivity contribution in [3.8, 4) is 0 Å². The molecule has 1 rings (SSSR count). The van der Waals surface area contributed by atoms with Gasteiger partial charge in [-0.15, -0.1) is 0 Å². The molecular weight excluding hydrogens is 100 g/mol. The summed E-state index contributed by atoms with van der Waals surface area (Å²) in [6, 6.07) is 0. The van der Waals surface area contributed by atoms with Crippen molar-refractivity contribution in [1.29, 1.82) is 0 Å². The monoisotopic (exact) mass is 108 g/mol. The molecular formula is C7H8O. The van der Waals surface area contributed by atoms with Crippen LogP contribution >= 0.6 is 0 Å². The lowest BCUT2D eigenvalue weighted by Gasteiger charge is -2.01. The maximum atomic E-state index is 4.90. The summed E-state index contributed by atoms with van der Waals surface area (Å²) in [5.74, 6) is 0. The van der Waals surface area contributed by atoms with Gasteiger partial charge in [-0.2, -0.15) is 0 Å². The van der Waals surface area contributed by atoms with E-state index in [2.05, 4.69) is 6.58 Å². The van der Waals surface area contributed by atoms with E-state index in [9.17, 15) is 0 Å². The van der Waals surface area contributed by atoms with E-state index in [4.69, 9.17) is 4.74 Å². The van der Waals surface area contributed by atoms with Crippen LogP contribution in [0.3, 0.4) is 0 Å². The fourth-order valence-corrected chi connectivity index (χ4v) is 0.546. The van der Waals surface area contributed by atoms with Gasteiger partial charge in [-0.3, -0.25) is 0 Å². The zero-order valence-corrected chi connectivity index (χ0v) is 4.63. The first kappa shape index (κ1) is 5.16. The van der Waals surface area contributed by atoms with E-state index < -0.39 is 0 Å². The Morgan fingerprint density at radius 2 is 2.62 bits per heavy atom. The predicted octanol–water partition coefficient (Wildman–Crippen LogP) is 1.64. The molecule has 8 heavy (non-hydrogen) atoms. The van der Waals surface area contributed by atoms with Gasteiger partial charge in [-0.05, 0) is 17.7 Å². The zero-order chi connectivity index (χ0) is 5.82. The van der Waals surface area contributed by atoms with Gasteiger partial charge < -0.3 is 4.74 Å². The maximum Gasteiger partial charge on any atom is 0.106 e. The van der Waals surface area contributed by atoms with Gasteiger partial charge in [-0.25, -0.2) is 0 Å². The molecule has 0 saturated heterocycles. The second-order valence-corrected chi connectivity index (χ2v) is 1.54. The van der Waals surface area contributed by atoms with E-state index in [1.54, 1.807) is 12.3 Å². The van der Waals surface area contributed by atoms with Crippen LogP contribution in [0.25, 0.3) is 0 Å². The molecule has 0 amide bonds. The standard InChI is InChI=1S/C7H8O/c1-2-7-3-5-8-6-4-7/h2-5H,1,6H2. The molecule has 1 aliphatic rings. The molecule has 1 heteroatoms. The molecule has 0 unspecified atom stereocenters. The van der Waals surface area contributed by atoms with Crippen molar-refractivity contribution < 1.29 is 4.74 Å². The van der Waals surface area contributed by atoms with Crippen LogP contribution in [0.4, 0.5) is 0 Å². The summed E-state index contributed by atoms with van der Waals surface area (Å²) in [7, 11) is 0. The van der Waals surface area contributed by atoms with Crippen LogP contribution in [0, 0.1) is 0 Å². The third-order valence-electron chi connectivity index (χ3n) is 1.01. The number of hydrogen-bond acceptors (Lipinski definition) is 1. The molecule has 1 heterocycles. The Morgan fingerprint density at radius 1 is 1.75 bits per heavy atom. The second-order valence-electron chi connectivity index (χ2n) is 1.54. The fraction of sp³-hybridized carbons (Fsp3) is 0.143. The average Bonchev–Trinajstić information content (AvgIpc) is 1.90. The summed E-state index contributed by atoms with van der Waals surface area (Å²) >= 11 is 0. The molecule has 0 radical (unpaired) electrons. The van der Waals surface area contributed by atoms with Crippen molar-refractivity contribution in [2.45, 2.75) is 0 Å². The van der Waals surface area contributed by atoms with Gasteiger partial charge in [0.15, 0.2) is 0 Å². The fourth-order valence-electron chi connectivity index (χ4n) is 0.546. The Labute approximate surface area is 49.0 Å². The molecule has 0 bridgehead atoms. The van der Waals surface area contributed by atoms with Gasteiger partial charge in [0, 0.05) is 0 Å². The third kappa shape index (κ3) is 0.997. The quantitative estimate of drug-likeness (QED) is 0.496. The summed E-state index contributed by atoms with van der Waals surface area (Å²) in [5.41, 5.74) is 1.14. The van der Waals surface area contributed by atoms with Gasteiger partial charge >= 0.3 is 0 Å². The smallest absolute Gasteiger partial charge is 0.106 e. The molecule has 0 aromatic heterocycles. The lowest BCUT2D eigenvalue weighted by molar-refractivity contribution is 0.285. The van der Waals surface area contributed by atoms with Crippen LogP contribution in [0.15, 0.2) is 36.6 Å². The van der Waals surface area contributed by atoms with Crippen LogP contribution in [0.2, 0.25) is 0 Å². The molecule has 0 saturated carbocycles. The summed E-state index contributed by atoms with van der Waals surface area (Å²) in [6.45, 7) is 4.29. The number of hydrogen-bond donors (Lipinski definition) is 0. The number of rotatable bonds is 1. The molecule has 0 aromatic carbocycles. The van der Waals surface area contributed by atoms with E-state index in [0.717, 1.165) is 5.57 Å². The van der Waals surface area contributed by atoms with Crippen LogP contribution in [-0.4, -0.2) is 6.61 Å². The Morgan fingerprint density at radius 3 is 3.00 bits per heavy atom. The molecule has 1 nitrogen and oxygen atoms in total. The Kier molecular flexibility index (Phi) is 1.52. The minimum atomic E-state index is 0.678. The van der Waals surface area contributed by atoms with Gasteiger partial charge in [0.05, 0.1) is 6.26 Å². The van der Waals surface area contributed by atoms with Gasteiger partial charge in [0.2, 0.25) is 0 Å². The van der Waals surface area contributed by atoms with Crippen molar-refractivity contribution >= 4 is 0 Å². The molecule has 0 atom stereocenters. The first-order valence-corrected chi connectivity index (χ1v) is 2.54. The van der Waals surface area contributed by atoms with Gasteiger partial charge in [0.25, 0.3) is 0 Å². The third-order valence-corrected chi connectivity index (χ3v) is 1.01. The van der Waals surface area contributed by atoms with E-state index in [1.807, 2.05) is 12.2 Å². The van der Waals surface area contributed by atoms with Crippen molar-refractivity contribution in [2.24, 2.45) is 0 Å². The topological polar surface area (TPSA) is 9.23 Å². The van der Waals surface area contributed by atoms with Crippen LogP contribution < -0.4 is 0 Å². The van der Waals surface area contributed by atoms with Crippen molar-refractivity contribution in [3.63, 3.8) is 0 Å². The SMILES string of the molecule is C=CC1=CCOC=C1. The Balaban J connectivity index is 2.64. The van der Waals surface area contributed by atoms with E-state index in [-0.39, 0.29) is 0 Å². The van der Waals surface area contributed by atoms with Crippen molar-refractivity contribution in [2.75, 3.05) is 6.61 Å². The minimum absolute atomic E-state index is 0.678. The number of ether oxygens (including phenoxy) is 1. The second kappa shape index (κ2) is 2.36. The van der Waals surface area contributed by atoms with Crippen LogP contribution in [0.1, 0.15) is 0 Å². The minimum Gasteiger partial charge on any atom is -0.497 e. The first-order valence-electron chi connectivity index (χ1n) is 2.54. The van der Waals surface area contributed by atoms with Crippen LogP contribution in [0.5, 0.6) is 0 Å². The Bertz CT molecular complexity index is 142. The summed E-state index contributed by atoms with van der Waals surface area (Å²) in [4.78, 5) is 0. The normalized spacial score (nSPS) is 16.8. The lowest BCUT2D eigenvalue weighted by Crippen LogP contribution is -1.88. The van der Waals surface area contributed by atoms with Gasteiger partial charge in [-0.1, -0.05) is 12.7 Å². The highest BCUT2D eigenvalue weighted by Crippen LogP contribution is 2.02.